The molecule has 0 aliphatic carbocycles. The number of carbonyl (C=O) groups excluding carboxylic acids is 2. The van der Waals surface area contributed by atoms with Gasteiger partial charge in [-0.05, 0) is 55.9 Å². The Balaban J connectivity index is 2.15. The molecule has 34 heavy (non-hydrogen) atoms. The summed E-state index contributed by atoms with van der Waals surface area (Å²) in [6.07, 6.45) is 8.28. The number of esters is 2. The second-order valence-corrected chi connectivity index (χ2v) is 9.21. The van der Waals surface area contributed by atoms with Gasteiger partial charge in [-0.3, -0.25) is 0 Å². The number of unbranched alkanes of at least 4 members (excludes halogenated alkanes) is 3. The van der Waals surface area contributed by atoms with Gasteiger partial charge in [0, 0.05) is 5.92 Å². The molecular formula is C30H40O4. The standard InChI is InChI=1S/C30H40O4/c1-6-7-8-9-12-17-22(2)23(3)28(34-30(32)27-20-15-11-16-21-27)24(4)25(5)33-29(31)26-18-13-10-14-19-26/h10-25,28H,6-9H2,1-5H3. The van der Waals surface area contributed by atoms with Crippen LogP contribution in [0.5, 0.6) is 0 Å². The second-order valence-electron chi connectivity index (χ2n) is 9.21. The molecule has 0 aliphatic heterocycles. The molecule has 4 heteroatoms. The minimum atomic E-state index is -0.426. The number of hydrogen-bond donors (Lipinski definition) is 0. The van der Waals surface area contributed by atoms with E-state index in [1.807, 2.05) is 50.2 Å². The summed E-state index contributed by atoms with van der Waals surface area (Å²) in [6.45, 7) is 10.3. The molecule has 0 saturated heterocycles. The van der Waals surface area contributed by atoms with Gasteiger partial charge in [-0.25, -0.2) is 9.59 Å². The summed E-state index contributed by atoms with van der Waals surface area (Å²) in [7, 11) is 0. The Morgan fingerprint density at radius 2 is 1.29 bits per heavy atom. The first-order chi connectivity index (χ1) is 16.3. The molecule has 0 aliphatic rings. The number of rotatable bonds is 13. The average molecular weight is 465 g/mol. The second kappa shape index (κ2) is 14.4. The molecule has 0 bridgehead atoms. The quantitative estimate of drug-likeness (QED) is 0.175. The highest BCUT2D eigenvalue weighted by Crippen LogP contribution is 2.29. The molecule has 0 heterocycles. The van der Waals surface area contributed by atoms with Crippen molar-refractivity contribution in [2.75, 3.05) is 0 Å². The van der Waals surface area contributed by atoms with Crippen molar-refractivity contribution < 1.29 is 19.1 Å². The molecule has 5 unspecified atom stereocenters. The molecule has 0 fully saturated rings. The largest absolute Gasteiger partial charge is 0.459 e. The van der Waals surface area contributed by atoms with E-state index in [0.29, 0.717) is 11.1 Å². The lowest BCUT2D eigenvalue weighted by Crippen LogP contribution is -2.40. The molecule has 184 valence electrons. The zero-order valence-electron chi connectivity index (χ0n) is 21.3. The Hall–Kier alpha value is -2.88. The highest BCUT2D eigenvalue weighted by atomic mass is 16.6. The van der Waals surface area contributed by atoms with Crippen molar-refractivity contribution in [1.82, 2.24) is 0 Å². The van der Waals surface area contributed by atoms with Gasteiger partial charge in [0.15, 0.2) is 0 Å². The molecule has 4 nitrogen and oxygen atoms in total. The summed E-state index contributed by atoms with van der Waals surface area (Å²) in [5.74, 6) is -0.668. The fraction of sp³-hybridized carbons (Fsp3) is 0.467. The van der Waals surface area contributed by atoms with E-state index >= 15 is 0 Å². The van der Waals surface area contributed by atoms with Gasteiger partial charge >= 0.3 is 11.9 Å². The average Bonchev–Trinajstić information content (AvgIpc) is 2.87. The summed E-state index contributed by atoms with van der Waals surface area (Å²) < 4.78 is 11.8. The van der Waals surface area contributed by atoms with Crippen LogP contribution in [0, 0.1) is 17.8 Å². The highest BCUT2D eigenvalue weighted by molar-refractivity contribution is 5.90. The first-order valence-electron chi connectivity index (χ1n) is 12.5. The SMILES string of the molecule is CCCCCC=CC(C)C(C)C(OC(=O)c1ccccc1)C(C)C(C)OC(=O)c1ccccc1. The molecule has 0 spiro atoms. The first kappa shape index (κ1) is 27.4. The van der Waals surface area contributed by atoms with E-state index in [0.717, 1.165) is 6.42 Å². The Kier molecular flexibility index (Phi) is 11.6. The smallest absolute Gasteiger partial charge is 0.338 e. The molecule has 5 atom stereocenters. The Labute approximate surface area is 205 Å². The van der Waals surface area contributed by atoms with Crippen LogP contribution < -0.4 is 0 Å². The number of benzene rings is 2. The zero-order chi connectivity index (χ0) is 24.9. The van der Waals surface area contributed by atoms with Crippen molar-refractivity contribution in [2.24, 2.45) is 17.8 Å². The van der Waals surface area contributed by atoms with E-state index in [9.17, 15) is 9.59 Å². The highest BCUT2D eigenvalue weighted by Gasteiger charge is 2.35. The minimum absolute atomic E-state index is 0.0444. The predicted molar refractivity (Wildman–Crippen MR) is 138 cm³/mol. The van der Waals surface area contributed by atoms with Crippen LogP contribution in [0.3, 0.4) is 0 Å². The fourth-order valence-corrected chi connectivity index (χ4v) is 3.94. The third-order valence-corrected chi connectivity index (χ3v) is 6.58. The van der Waals surface area contributed by atoms with Gasteiger partial charge in [0.05, 0.1) is 11.1 Å². The third kappa shape index (κ3) is 8.48. The molecule has 0 radical (unpaired) electrons. The van der Waals surface area contributed by atoms with E-state index in [2.05, 4.69) is 32.9 Å². The Bertz CT molecular complexity index is 891. The summed E-state index contributed by atoms with van der Waals surface area (Å²) >= 11 is 0. The molecule has 2 aromatic carbocycles. The summed E-state index contributed by atoms with van der Waals surface area (Å²) in [5.41, 5.74) is 1.03. The van der Waals surface area contributed by atoms with E-state index in [-0.39, 0.29) is 29.7 Å². The topological polar surface area (TPSA) is 52.6 Å². The maximum Gasteiger partial charge on any atom is 0.338 e. The van der Waals surface area contributed by atoms with E-state index in [1.165, 1.54) is 19.3 Å². The van der Waals surface area contributed by atoms with Crippen LogP contribution >= 0.6 is 0 Å². The van der Waals surface area contributed by atoms with Gasteiger partial charge in [-0.1, -0.05) is 89.1 Å². The van der Waals surface area contributed by atoms with Crippen LogP contribution in [0.1, 0.15) is 81.0 Å². The Morgan fingerprint density at radius 1 is 0.765 bits per heavy atom. The van der Waals surface area contributed by atoms with Gasteiger partial charge in [0.1, 0.15) is 12.2 Å². The molecule has 0 amide bonds. The van der Waals surface area contributed by atoms with Gasteiger partial charge in [0.25, 0.3) is 0 Å². The number of ether oxygens (including phenoxy) is 2. The lowest BCUT2D eigenvalue weighted by Gasteiger charge is -2.34. The minimum Gasteiger partial charge on any atom is -0.459 e. The van der Waals surface area contributed by atoms with E-state index in [4.69, 9.17) is 9.47 Å². The van der Waals surface area contributed by atoms with Crippen LogP contribution in [-0.4, -0.2) is 24.1 Å². The Morgan fingerprint density at radius 3 is 1.82 bits per heavy atom. The van der Waals surface area contributed by atoms with Gasteiger partial charge in [0.2, 0.25) is 0 Å². The molecule has 0 saturated carbocycles. The van der Waals surface area contributed by atoms with Crippen molar-refractivity contribution >= 4 is 11.9 Å². The molecule has 2 rings (SSSR count). The van der Waals surface area contributed by atoms with Crippen LogP contribution in [0.15, 0.2) is 72.8 Å². The number of hydrogen-bond acceptors (Lipinski definition) is 4. The third-order valence-electron chi connectivity index (χ3n) is 6.58. The van der Waals surface area contributed by atoms with Gasteiger partial charge in [-0.2, -0.15) is 0 Å². The maximum atomic E-state index is 12.9. The summed E-state index contributed by atoms with van der Waals surface area (Å²) in [4.78, 5) is 25.6. The normalized spacial score (nSPS) is 15.8. The predicted octanol–water partition coefficient (Wildman–Crippen LogP) is 7.50. The summed E-state index contributed by atoms with van der Waals surface area (Å²) in [5, 5.41) is 0. The fourth-order valence-electron chi connectivity index (χ4n) is 3.94. The van der Waals surface area contributed by atoms with Crippen molar-refractivity contribution in [3.05, 3.63) is 83.9 Å². The van der Waals surface area contributed by atoms with Crippen molar-refractivity contribution in [1.29, 1.82) is 0 Å². The number of allylic oxidation sites excluding steroid dienone is 2. The lowest BCUT2D eigenvalue weighted by atomic mass is 9.82. The zero-order valence-corrected chi connectivity index (χ0v) is 21.3. The van der Waals surface area contributed by atoms with Crippen LogP contribution in [-0.2, 0) is 9.47 Å². The summed E-state index contributed by atoms with van der Waals surface area (Å²) in [6, 6.07) is 18.0. The van der Waals surface area contributed by atoms with E-state index < -0.39 is 12.2 Å². The van der Waals surface area contributed by atoms with Crippen molar-refractivity contribution in [3.63, 3.8) is 0 Å². The maximum absolute atomic E-state index is 12.9. The van der Waals surface area contributed by atoms with Crippen LogP contribution in [0.4, 0.5) is 0 Å². The van der Waals surface area contributed by atoms with Crippen LogP contribution in [0.2, 0.25) is 0 Å². The molecule has 0 aromatic heterocycles. The van der Waals surface area contributed by atoms with Gasteiger partial charge < -0.3 is 9.47 Å². The van der Waals surface area contributed by atoms with Gasteiger partial charge in [-0.15, -0.1) is 0 Å². The van der Waals surface area contributed by atoms with Crippen LogP contribution in [0.25, 0.3) is 0 Å². The van der Waals surface area contributed by atoms with E-state index in [1.54, 1.807) is 24.3 Å². The molecule has 0 N–H and O–H groups in total. The lowest BCUT2D eigenvalue weighted by molar-refractivity contribution is -0.0444. The molecule has 2 aromatic rings. The monoisotopic (exact) mass is 464 g/mol. The first-order valence-corrected chi connectivity index (χ1v) is 12.5. The number of carbonyl (C=O) groups is 2. The van der Waals surface area contributed by atoms with Crippen molar-refractivity contribution in [2.45, 2.75) is 72.5 Å². The van der Waals surface area contributed by atoms with Crippen molar-refractivity contribution in [3.8, 4) is 0 Å². The molecular weight excluding hydrogens is 424 g/mol.